The minimum absolute atomic E-state index is 0.215. The molecular weight excluding hydrogens is 361 g/mol. The molecule has 1 N–H and O–H groups in total. The van der Waals surface area contributed by atoms with Crippen molar-refractivity contribution in [3.8, 4) is 0 Å². The van der Waals surface area contributed by atoms with Crippen molar-refractivity contribution in [3.63, 3.8) is 0 Å². The summed E-state index contributed by atoms with van der Waals surface area (Å²) >= 11 is 1.38. The summed E-state index contributed by atoms with van der Waals surface area (Å²) in [4.78, 5) is 15.8. The molecule has 0 fully saturated rings. The molecule has 3 nitrogen and oxygen atoms in total. The second kappa shape index (κ2) is 6.95. The average molecular weight is 382 g/mol. The van der Waals surface area contributed by atoms with Crippen LogP contribution in [-0.2, 0) is 19.0 Å². The molecule has 0 saturated heterocycles. The molecular formula is C19H21F3N2OS. The van der Waals surface area contributed by atoms with Crippen LogP contribution in [0.15, 0.2) is 24.3 Å². The van der Waals surface area contributed by atoms with Gasteiger partial charge in [-0.05, 0) is 55.0 Å². The van der Waals surface area contributed by atoms with Crippen LogP contribution in [0.4, 0.5) is 24.5 Å². The summed E-state index contributed by atoms with van der Waals surface area (Å²) in [5.41, 5.74) is 0.522. The number of anilines is 2. The third-order valence-corrected chi connectivity index (χ3v) is 5.86. The summed E-state index contributed by atoms with van der Waals surface area (Å²) in [5.74, 6) is 0.0866. The van der Waals surface area contributed by atoms with Crippen molar-refractivity contribution in [1.82, 2.24) is 0 Å². The number of hydrogen-bond acceptors (Lipinski definition) is 3. The molecule has 0 radical (unpaired) electrons. The molecule has 1 atom stereocenters. The Morgan fingerprint density at radius 2 is 2.00 bits per heavy atom. The summed E-state index contributed by atoms with van der Waals surface area (Å²) in [6, 6.07) is 5.75. The number of carbonyl (C=O) groups excluding carboxylic acids is 1. The first-order valence-corrected chi connectivity index (χ1v) is 9.28. The molecule has 1 aliphatic rings. The fourth-order valence-electron chi connectivity index (χ4n) is 3.16. The molecule has 0 bridgehead atoms. The van der Waals surface area contributed by atoms with E-state index in [4.69, 9.17) is 0 Å². The maximum Gasteiger partial charge on any atom is 0.418 e. The van der Waals surface area contributed by atoms with Crippen LogP contribution in [0.2, 0.25) is 0 Å². The smallest absolute Gasteiger partial charge is 0.378 e. The van der Waals surface area contributed by atoms with Crippen molar-refractivity contribution in [3.05, 3.63) is 45.1 Å². The molecule has 0 spiro atoms. The summed E-state index contributed by atoms with van der Waals surface area (Å²) in [5, 5.41) is 2.45. The molecule has 7 heteroatoms. The van der Waals surface area contributed by atoms with Gasteiger partial charge in [0.2, 0.25) is 0 Å². The zero-order valence-electron chi connectivity index (χ0n) is 14.9. The van der Waals surface area contributed by atoms with E-state index in [1.54, 1.807) is 25.1 Å². The van der Waals surface area contributed by atoms with Crippen molar-refractivity contribution in [2.75, 3.05) is 24.3 Å². The highest BCUT2D eigenvalue weighted by molar-refractivity contribution is 7.14. The van der Waals surface area contributed by atoms with E-state index in [1.165, 1.54) is 22.3 Å². The fourth-order valence-corrected chi connectivity index (χ4v) is 4.26. The van der Waals surface area contributed by atoms with E-state index in [9.17, 15) is 18.0 Å². The quantitative estimate of drug-likeness (QED) is 0.790. The molecule has 1 amide bonds. The number of thiophene rings is 1. The van der Waals surface area contributed by atoms with Crippen LogP contribution in [-0.4, -0.2) is 20.0 Å². The highest BCUT2D eigenvalue weighted by Crippen LogP contribution is 2.38. The number of hydrogen-bond donors (Lipinski definition) is 1. The molecule has 2 aromatic rings. The topological polar surface area (TPSA) is 32.3 Å². The molecule has 1 aliphatic carbocycles. The summed E-state index contributed by atoms with van der Waals surface area (Å²) in [6.45, 7) is 2.17. The van der Waals surface area contributed by atoms with E-state index >= 15 is 0 Å². The van der Waals surface area contributed by atoms with Crippen molar-refractivity contribution in [2.24, 2.45) is 5.92 Å². The second-order valence-corrected chi connectivity index (χ2v) is 8.12. The third-order valence-electron chi connectivity index (χ3n) is 4.63. The zero-order chi connectivity index (χ0) is 19.1. The first-order valence-electron chi connectivity index (χ1n) is 8.46. The minimum Gasteiger partial charge on any atom is -0.378 e. The molecule has 1 heterocycles. The Kier molecular flexibility index (Phi) is 5.01. The second-order valence-electron chi connectivity index (χ2n) is 6.98. The maximum atomic E-state index is 13.4. The van der Waals surface area contributed by atoms with E-state index in [-0.39, 0.29) is 5.69 Å². The number of aryl methyl sites for hydroxylation is 1. The highest BCUT2D eigenvalue weighted by Gasteiger charge is 2.34. The standard InChI is InChI=1S/C19H21F3N2OS/c1-11-4-7-16-12(8-11)9-17(26-16)18(25)23-15-6-5-13(24(2)3)10-14(15)19(20,21)22/h5-6,9-11H,4,7-8H2,1-3H3,(H,23,25)/t11-/m0/s1. The predicted molar refractivity (Wildman–Crippen MR) is 99.2 cm³/mol. The lowest BCUT2D eigenvalue weighted by molar-refractivity contribution is -0.136. The first kappa shape index (κ1) is 18.8. The largest absolute Gasteiger partial charge is 0.418 e. The van der Waals surface area contributed by atoms with Gasteiger partial charge < -0.3 is 10.2 Å². The summed E-state index contributed by atoms with van der Waals surface area (Å²) < 4.78 is 40.2. The van der Waals surface area contributed by atoms with E-state index in [2.05, 4.69) is 12.2 Å². The monoisotopic (exact) mass is 382 g/mol. The van der Waals surface area contributed by atoms with Crippen molar-refractivity contribution in [1.29, 1.82) is 0 Å². The van der Waals surface area contributed by atoms with Crippen LogP contribution in [0.25, 0.3) is 0 Å². The number of fused-ring (bicyclic) bond motifs is 1. The van der Waals surface area contributed by atoms with E-state index in [1.807, 2.05) is 6.07 Å². The number of nitrogens with one attached hydrogen (secondary N) is 1. The van der Waals surface area contributed by atoms with E-state index < -0.39 is 17.6 Å². The van der Waals surface area contributed by atoms with Crippen molar-refractivity contribution in [2.45, 2.75) is 32.4 Å². The van der Waals surface area contributed by atoms with Gasteiger partial charge in [-0.3, -0.25) is 4.79 Å². The first-order chi connectivity index (χ1) is 12.1. The number of amides is 1. The maximum absolute atomic E-state index is 13.4. The summed E-state index contributed by atoms with van der Waals surface area (Å²) in [7, 11) is 3.34. The highest BCUT2D eigenvalue weighted by atomic mass is 32.1. The van der Waals surface area contributed by atoms with E-state index in [0.717, 1.165) is 30.9 Å². The number of benzene rings is 1. The number of nitrogens with zero attached hydrogens (tertiary/aromatic N) is 1. The van der Waals surface area contributed by atoms with Gasteiger partial charge >= 0.3 is 6.18 Å². The Hall–Kier alpha value is -2.02. The third kappa shape index (κ3) is 3.87. The van der Waals surface area contributed by atoms with Gasteiger partial charge in [0.25, 0.3) is 5.91 Å². The van der Waals surface area contributed by atoms with Crippen molar-refractivity contribution < 1.29 is 18.0 Å². The van der Waals surface area contributed by atoms with Gasteiger partial charge in [0.15, 0.2) is 0 Å². The SMILES string of the molecule is C[C@H]1CCc2sc(C(=O)Nc3ccc(N(C)C)cc3C(F)(F)F)cc2C1. The molecule has 26 heavy (non-hydrogen) atoms. The predicted octanol–water partition coefficient (Wildman–Crippen LogP) is 5.21. The normalized spacial score (nSPS) is 16.9. The fraction of sp³-hybridized carbons (Fsp3) is 0.421. The number of carbonyl (C=O) groups is 1. The van der Waals surface area contributed by atoms with Crippen LogP contribution >= 0.6 is 11.3 Å². The molecule has 0 saturated carbocycles. The van der Waals surface area contributed by atoms with Crippen LogP contribution < -0.4 is 10.2 Å². The van der Waals surface area contributed by atoms with Crippen LogP contribution in [0, 0.1) is 5.92 Å². The molecule has 1 aromatic carbocycles. The summed E-state index contributed by atoms with van der Waals surface area (Å²) in [6.07, 6.45) is -1.61. The Balaban J connectivity index is 1.88. The molecule has 0 unspecified atom stereocenters. The van der Waals surface area contributed by atoms with Gasteiger partial charge in [-0.15, -0.1) is 11.3 Å². The van der Waals surface area contributed by atoms with Crippen molar-refractivity contribution >= 4 is 28.6 Å². The Bertz CT molecular complexity index is 827. The van der Waals surface area contributed by atoms with Gasteiger partial charge in [0.05, 0.1) is 16.1 Å². The van der Waals surface area contributed by atoms with Gasteiger partial charge in [0, 0.05) is 24.7 Å². The molecule has 3 rings (SSSR count). The number of halogens is 3. The zero-order valence-corrected chi connectivity index (χ0v) is 15.7. The van der Waals surface area contributed by atoms with Crippen LogP contribution in [0.5, 0.6) is 0 Å². The Morgan fingerprint density at radius 3 is 2.65 bits per heavy atom. The van der Waals surface area contributed by atoms with Gasteiger partial charge in [-0.2, -0.15) is 13.2 Å². The Morgan fingerprint density at radius 1 is 1.27 bits per heavy atom. The van der Waals surface area contributed by atoms with Gasteiger partial charge in [0.1, 0.15) is 0 Å². The molecule has 1 aromatic heterocycles. The number of alkyl halides is 3. The lowest BCUT2D eigenvalue weighted by Crippen LogP contribution is -2.17. The lowest BCUT2D eigenvalue weighted by Gasteiger charge is -2.18. The molecule has 140 valence electrons. The van der Waals surface area contributed by atoms with Gasteiger partial charge in [-0.25, -0.2) is 0 Å². The van der Waals surface area contributed by atoms with Gasteiger partial charge in [-0.1, -0.05) is 6.92 Å². The Labute approximate surface area is 154 Å². The van der Waals surface area contributed by atoms with Crippen LogP contribution in [0.1, 0.15) is 39.0 Å². The van der Waals surface area contributed by atoms with E-state index in [0.29, 0.717) is 16.5 Å². The molecule has 0 aliphatic heterocycles. The minimum atomic E-state index is -4.54. The average Bonchev–Trinajstić information content (AvgIpc) is 2.97. The number of rotatable bonds is 3. The van der Waals surface area contributed by atoms with Crippen LogP contribution in [0.3, 0.4) is 0 Å². The lowest BCUT2D eigenvalue weighted by atomic mass is 9.90.